The summed E-state index contributed by atoms with van der Waals surface area (Å²) in [6.45, 7) is 3.08. The summed E-state index contributed by atoms with van der Waals surface area (Å²) in [4.78, 5) is 26.9. The Labute approximate surface area is 182 Å². The average molecular weight is 446 g/mol. The Morgan fingerprint density at radius 2 is 1.77 bits per heavy atom. The molecule has 1 aliphatic rings. The first-order chi connectivity index (χ1) is 14.9. The van der Waals surface area contributed by atoms with Crippen LogP contribution in [0.3, 0.4) is 0 Å². The van der Waals surface area contributed by atoms with E-state index in [2.05, 4.69) is 10.0 Å². The van der Waals surface area contributed by atoms with Gasteiger partial charge in [-0.1, -0.05) is 6.92 Å². The first kappa shape index (κ1) is 22.6. The summed E-state index contributed by atoms with van der Waals surface area (Å²) in [5, 5.41) is 2.85. The monoisotopic (exact) mass is 445 g/mol. The van der Waals surface area contributed by atoms with Crippen LogP contribution in [0, 0.1) is 0 Å². The number of nitrogens with one attached hydrogen (secondary N) is 2. The lowest BCUT2D eigenvalue weighted by Crippen LogP contribution is -2.46. The maximum atomic E-state index is 12.9. The molecule has 9 heteroatoms. The molecule has 2 aromatic carbocycles. The number of methoxy groups -OCH3 is 1. The zero-order valence-electron chi connectivity index (χ0n) is 17.6. The van der Waals surface area contributed by atoms with Crippen LogP contribution < -0.4 is 14.8 Å². The normalized spacial score (nSPS) is 16.1. The van der Waals surface area contributed by atoms with Gasteiger partial charge in [0, 0.05) is 24.3 Å². The third-order valence-electron chi connectivity index (χ3n) is 5.12. The molecule has 0 bridgehead atoms. The van der Waals surface area contributed by atoms with Crippen LogP contribution in [-0.2, 0) is 14.8 Å². The van der Waals surface area contributed by atoms with Crippen molar-refractivity contribution in [3.63, 3.8) is 0 Å². The number of nitrogens with zero attached hydrogens (tertiary/aromatic N) is 1. The van der Waals surface area contributed by atoms with E-state index in [0.717, 1.165) is 12.8 Å². The van der Waals surface area contributed by atoms with Gasteiger partial charge in [0.25, 0.3) is 15.9 Å². The van der Waals surface area contributed by atoms with Crippen molar-refractivity contribution in [2.75, 3.05) is 24.9 Å². The summed E-state index contributed by atoms with van der Waals surface area (Å²) in [5.74, 6) is 0.195. The highest BCUT2D eigenvalue weighted by Gasteiger charge is 2.34. The van der Waals surface area contributed by atoms with Gasteiger partial charge < -0.3 is 15.0 Å². The van der Waals surface area contributed by atoms with Crippen LogP contribution in [0.1, 0.15) is 36.5 Å². The van der Waals surface area contributed by atoms with E-state index < -0.39 is 16.1 Å². The summed E-state index contributed by atoms with van der Waals surface area (Å²) >= 11 is 0. The molecule has 1 fully saturated rings. The van der Waals surface area contributed by atoms with E-state index in [1.807, 2.05) is 6.92 Å². The lowest BCUT2D eigenvalue weighted by Gasteiger charge is -2.24. The Balaban J connectivity index is 1.69. The van der Waals surface area contributed by atoms with Gasteiger partial charge in [-0.3, -0.25) is 14.3 Å². The van der Waals surface area contributed by atoms with Gasteiger partial charge in [-0.25, -0.2) is 8.42 Å². The van der Waals surface area contributed by atoms with Crippen LogP contribution in [0.2, 0.25) is 0 Å². The van der Waals surface area contributed by atoms with Crippen molar-refractivity contribution in [2.45, 2.75) is 37.1 Å². The van der Waals surface area contributed by atoms with E-state index in [9.17, 15) is 18.0 Å². The summed E-state index contributed by atoms with van der Waals surface area (Å²) in [6, 6.07) is 11.8. The van der Waals surface area contributed by atoms with Crippen molar-refractivity contribution >= 4 is 27.5 Å². The fourth-order valence-electron chi connectivity index (χ4n) is 3.46. The SMILES string of the molecule is CCCNC(=O)[C@@H]1CCCN1C(=O)c1ccc(NS(=O)(=O)c2ccc(OC)cc2)cc1. The van der Waals surface area contributed by atoms with Gasteiger partial charge >= 0.3 is 0 Å². The largest absolute Gasteiger partial charge is 0.497 e. The summed E-state index contributed by atoms with van der Waals surface area (Å²) in [7, 11) is -2.26. The van der Waals surface area contributed by atoms with Gasteiger partial charge in [-0.2, -0.15) is 0 Å². The minimum atomic E-state index is -3.77. The molecule has 8 nitrogen and oxygen atoms in total. The van der Waals surface area contributed by atoms with Crippen LogP contribution in [0.5, 0.6) is 5.75 Å². The minimum absolute atomic E-state index is 0.103. The number of carbonyl (C=O) groups excluding carboxylic acids is 2. The molecule has 2 N–H and O–H groups in total. The van der Waals surface area contributed by atoms with Crippen LogP contribution in [0.15, 0.2) is 53.4 Å². The second-order valence-electron chi connectivity index (χ2n) is 7.31. The molecule has 31 heavy (non-hydrogen) atoms. The number of likely N-dealkylation sites (tertiary alicyclic amines) is 1. The second kappa shape index (κ2) is 9.82. The maximum absolute atomic E-state index is 12.9. The van der Waals surface area contributed by atoms with Gasteiger partial charge in [0.1, 0.15) is 11.8 Å². The molecule has 0 unspecified atom stereocenters. The molecule has 1 aliphatic heterocycles. The molecule has 166 valence electrons. The second-order valence-corrected chi connectivity index (χ2v) is 8.99. The topological polar surface area (TPSA) is 105 Å². The molecular weight excluding hydrogens is 418 g/mol. The quantitative estimate of drug-likeness (QED) is 0.650. The molecule has 0 saturated carbocycles. The highest BCUT2D eigenvalue weighted by molar-refractivity contribution is 7.92. The van der Waals surface area contributed by atoms with Gasteiger partial charge in [-0.15, -0.1) is 0 Å². The molecule has 3 rings (SSSR count). The van der Waals surface area contributed by atoms with Gasteiger partial charge in [0.2, 0.25) is 5.91 Å². The standard InChI is InChI=1S/C22H27N3O5S/c1-3-14-23-21(26)20-5-4-15-25(20)22(27)16-6-8-17(9-7-16)24-31(28,29)19-12-10-18(30-2)11-13-19/h6-13,20,24H,3-5,14-15H2,1-2H3,(H,23,26)/t20-/m0/s1. The van der Waals surface area contributed by atoms with Gasteiger partial charge in [0.05, 0.1) is 12.0 Å². The van der Waals surface area contributed by atoms with Gasteiger partial charge in [0.15, 0.2) is 0 Å². The summed E-state index contributed by atoms with van der Waals surface area (Å²) in [6.07, 6.45) is 2.25. The number of rotatable bonds is 8. The van der Waals surface area contributed by atoms with E-state index in [1.54, 1.807) is 29.2 Å². The zero-order valence-corrected chi connectivity index (χ0v) is 18.4. The molecular formula is C22H27N3O5S. The number of hydrogen-bond donors (Lipinski definition) is 2. The van der Waals surface area contributed by atoms with Crippen LogP contribution in [0.4, 0.5) is 5.69 Å². The Morgan fingerprint density at radius 1 is 1.10 bits per heavy atom. The van der Waals surface area contributed by atoms with E-state index in [0.29, 0.717) is 36.5 Å². The van der Waals surface area contributed by atoms with Crippen molar-refractivity contribution in [2.24, 2.45) is 0 Å². The van der Waals surface area contributed by atoms with Crippen molar-refractivity contribution in [3.8, 4) is 5.75 Å². The molecule has 2 aromatic rings. The van der Waals surface area contributed by atoms with Crippen molar-refractivity contribution in [1.29, 1.82) is 0 Å². The Morgan fingerprint density at radius 3 is 2.39 bits per heavy atom. The van der Waals surface area contributed by atoms with E-state index >= 15 is 0 Å². The smallest absolute Gasteiger partial charge is 0.261 e. The lowest BCUT2D eigenvalue weighted by molar-refractivity contribution is -0.124. The molecule has 0 radical (unpaired) electrons. The Hall–Kier alpha value is -3.07. The minimum Gasteiger partial charge on any atom is -0.497 e. The highest BCUT2D eigenvalue weighted by atomic mass is 32.2. The van der Waals surface area contributed by atoms with Gasteiger partial charge in [-0.05, 0) is 67.8 Å². The van der Waals surface area contributed by atoms with E-state index in [-0.39, 0.29) is 16.7 Å². The predicted molar refractivity (Wildman–Crippen MR) is 118 cm³/mol. The van der Waals surface area contributed by atoms with Crippen molar-refractivity contribution in [1.82, 2.24) is 10.2 Å². The molecule has 2 amide bonds. The number of amides is 2. The molecule has 0 spiro atoms. The molecule has 0 aromatic heterocycles. The molecule has 1 saturated heterocycles. The van der Waals surface area contributed by atoms with Crippen molar-refractivity contribution < 1.29 is 22.7 Å². The fourth-order valence-corrected chi connectivity index (χ4v) is 4.52. The van der Waals surface area contributed by atoms with Crippen molar-refractivity contribution in [3.05, 3.63) is 54.1 Å². The van der Waals surface area contributed by atoms with E-state index in [4.69, 9.17) is 4.74 Å². The number of anilines is 1. The Kier molecular flexibility index (Phi) is 7.17. The third kappa shape index (κ3) is 5.35. The number of carbonyl (C=O) groups is 2. The van der Waals surface area contributed by atoms with Crippen LogP contribution in [0.25, 0.3) is 0 Å². The summed E-state index contributed by atoms with van der Waals surface area (Å²) < 4.78 is 32.7. The number of benzene rings is 2. The Bertz CT molecular complexity index is 1020. The molecule has 1 heterocycles. The average Bonchev–Trinajstić information content (AvgIpc) is 3.27. The first-order valence-corrected chi connectivity index (χ1v) is 11.7. The highest BCUT2D eigenvalue weighted by Crippen LogP contribution is 2.23. The number of sulfonamides is 1. The molecule has 0 aliphatic carbocycles. The fraction of sp³-hybridized carbons (Fsp3) is 0.364. The maximum Gasteiger partial charge on any atom is 0.261 e. The van der Waals surface area contributed by atoms with Crippen LogP contribution in [-0.4, -0.2) is 51.4 Å². The number of hydrogen-bond acceptors (Lipinski definition) is 5. The third-order valence-corrected chi connectivity index (χ3v) is 6.52. The first-order valence-electron chi connectivity index (χ1n) is 10.2. The predicted octanol–water partition coefficient (Wildman–Crippen LogP) is 2.63. The lowest BCUT2D eigenvalue weighted by atomic mass is 10.1. The van der Waals surface area contributed by atoms with E-state index in [1.165, 1.54) is 31.4 Å². The summed E-state index contributed by atoms with van der Waals surface area (Å²) in [5.41, 5.74) is 0.744. The molecule has 1 atom stereocenters. The zero-order chi connectivity index (χ0) is 22.4. The van der Waals surface area contributed by atoms with Crippen LogP contribution >= 0.6 is 0 Å². The number of ether oxygens (including phenoxy) is 1.